The van der Waals surface area contributed by atoms with Crippen LogP contribution in [0.5, 0.6) is 0 Å². The normalized spacial score (nSPS) is 12.0. The number of halogens is 1. The van der Waals surface area contributed by atoms with Gasteiger partial charge in [-0.1, -0.05) is 45.8 Å². The van der Waals surface area contributed by atoms with Crippen LogP contribution < -0.4 is 0 Å². The molecule has 3 nitrogen and oxygen atoms in total. The van der Waals surface area contributed by atoms with Crippen LogP contribution >= 0.6 is 15.9 Å². The van der Waals surface area contributed by atoms with Crippen LogP contribution in [0.3, 0.4) is 0 Å². The molecule has 0 fully saturated rings. The van der Waals surface area contributed by atoms with Gasteiger partial charge in [-0.2, -0.15) is 5.26 Å². The fourth-order valence-corrected chi connectivity index (χ4v) is 3.15. The first-order valence-electron chi connectivity index (χ1n) is 6.12. The van der Waals surface area contributed by atoms with E-state index >= 15 is 0 Å². The minimum atomic E-state index is -3.79. The van der Waals surface area contributed by atoms with E-state index in [2.05, 4.69) is 15.9 Å². The first-order chi connectivity index (χ1) is 9.93. The predicted molar refractivity (Wildman–Crippen MR) is 86.1 cm³/mol. The Labute approximate surface area is 132 Å². The molecule has 0 unspecified atom stereocenters. The van der Waals surface area contributed by atoms with Crippen LogP contribution in [0.4, 0.5) is 0 Å². The smallest absolute Gasteiger partial charge is 0.216 e. The summed E-state index contributed by atoms with van der Waals surface area (Å²) in [5.41, 5.74) is 1.62. The van der Waals surface area contributed by atoms with E-state index in [1.165, 1.54) is 18.2 Å². The van der Waals surface area contributed by atoms with Crippen LogP contribution in [0, 0.1) is 18.3 Å². The highest BCUT2D eigenvalue weighted by Gasteiger charge is 2.20. The van der Waals surface area contributed by atoms with Crippen LogP contribution in [0.25, 0.3) is 6.08 Å². The first kappa shape index (κ1) is 15.5. The zero-order valence-electron chi connectivity index (χ0n) is 11.2. The summed E-state index contributed by atoms with van der Waals surface area (Å²) in [5.74, 6) is 0. The maximum absolute atomic E-state index is 12.4. The number of nitrogens with zero attached hydrogens (tertiary/aromatic N) is 1. The Bertz CT molecular complexity index is 814. The van der Waals surface area contributed by atoms with Gasteiger partial charge in [0.2, 0.25) is 9.84 Å². The van der Waals surface area contributed by atoms with Crippen molar-refractivity contribution >= 4 is 31.8 Å². The summed E-state index contributed by atoms with van der Waals surface area (Å²) in [4.78, 5) is -0.147. The summed E-state index contributed by atoms with van der Waals surface area (Å²) in [7, 11) is -3.79. The second kappa shape index (κ2) is 6.25. The van der Waals surface area contributed by atoms with Gasteiger partial charge in [-0.05, 0) is 42.8 Å². The molecule has 0 aliphatic rings. The lowest BCUT2D eigenvalue weighted by molar-refractivity contribution is 0.603. The molecule has 0 aliphatic carbocycles. The van der Waals surface area contributed by atoms with Gasteiger partial charge in [0.15, 0.2) is 0 Å². The molecule has 2 aromatic rings. The summed E-state index contributed by atoms with van der Waals surface area (Å²) < 4.78 is 25.8. The summed E-state index contributed by atoms with van der Waals surface area (Å²) in [6, 6.07) is 15.3. The average Bonchev–Trinajstić information content (AvgIpc) is 2.47. The van der Waals surface area contributed by atoms with E-state index in [-0.39, 0.29) is 9.80 Å². The van der Waals surface area contributed by atoms with E-state index in [4.69, 9.17) is 0 Å². The Morgan fingerprint density at radius 2 is 1.67 bits per heavy atom. The lowest BCUT2D eigenvalue weighted by atomic mass is 10.2. The van der Waals surface area contributed by atoms with Crippen molar-refractivity contribution in [3.8, 4) is 6.07 Å². The molecule has 0 saturated carbocycles. The first-order valence-corrected chi connectivity index (χ1v) is 8.40. The van der Waals surface area contributed by atoms with Crippen molar-refractivity contribution in [1.82, 2.24) is 0 Å². The lowest BCUT2D eigenvalue weighted by Crippen LogP contribution is -2.03. The quantitative estimate of drug-likeness (QED) is 0.773. The van der Waals surface area contributed by atoms with Crippen molar-refractivity contribution in [3.05, 3.63) is 69.0 Å². The van der Waals surface area contributed by atoms with Gasteiger partial charge in [0.25, 0.3) is 0 Å². The Morgan fingerprint density at radius 1 is 1.10 bits per heavy atom. The fraction of sp³-hybridized carbons (Fsp3) is 0.0625. The molecule has 0 radical (unpaired) electrons. The molecule has 5 heteroatoms. The molecule has 0 aliphatic heterocycles. The molecule has 0 bridgehead atoms. The molecule has 2 aromatic carbocycles. The number of hydrogen-bond acceptors (Lipinski definition) is 3. The number of benzene rings is 2. The highest BCUT2D eigenvalue weighted by Crippen LogP contribution is 2.22. The van der Waals surface area contributed by atoms with Crippen molar-refractivity contribution in [3.63, 3.8) is 0 Å². The van der Waals surface area contributed by atoms with Crippen LogP contribution in [0.15, 0.2) is 62.8 Å². The monoisotopic (exact) mass is 361 g/mol. The Hall–Kier alpha value is -1.90. The van der Waals surface area contributed by atoms with Crippen LogP contribution in [-0.2, 0) is 9.84 Å². The molecule has 106 valence electrons. The largest absolute Gasteiger partial charge is 0.218 e. The Kier molecular flexibility index (Phi) is 4.61. The highest BCUT2D eigenvalue weighted by molar-refractivity contribution is 9.10. The molecule has 0 spiro atoms. The van der Waals surface area contributed by atoms with E-state index in [0.29, 0.717) is 5.56 Å². The third-order valence-corrected chi connectivity index (χ3v) is 5.11. The Balaban J connectivity index is 2.47. The van der Waals surface area contributed by atoms with Gasteiger partial charge >= 0.3 is 0 Å². The number of hydrogen-bond donors (Lipinski definition) is 0. The molecule has 0 amide bonds. The molecule has 0 N–H and O–H groups in total. The molecular formula is C16H12BrNO2S. The third-order valence-electron chi connectivity index (χ3n) is 2.90. The van der Waals surface area contributed by atoms with E-state index in [1.54, 1.807) is 42.5 Å². The van der Waals surface area contributed by atoms with Crippen LogP contribution in [0.1, 0.15) is 11.1 Å². The lowest BCUT2D eigenvalue weighted by Gasteiger charge is -2.04. The fourth-order valence-electron chi connectivity index (χ4n) is 1.72. The van der Waals surface area contributed by atoms with Gasteiger partial charge in [0.1, 0.15) is 11.0 Å². The van der Waals surface area contributed by atoms with Gasteiger partial charge in [-0.25, -0.2) is 8.42 Å². The third kappa shape index (κ3) is 3.60. The summed E-state index contributed by atoms with van der Waals surface area (Å²) in [6.45, 7) is 1.87. The van der Waals surface area contributed by atoms with Crippen molar-refractivity contribution in [2.75, 3.05) is 0 Å². The van der Waals surface area contributed by atoms with E-state index in [1.807, 2.05) is 6.92 Å². The SMILES string of the molecule is Cc1ccc(S(=O)(=O)/C(C#N)=C\c2ccc(Br)cc2)cc1. The van der Waals surface area contributed by atoms with Gasteiger partial charge in [0, 0.05) is 4.47 Å². The molecule has 0 aromatic heterocycles. The minimum absolute atomic E-state index is 0.123. The minimum Gasteiger partial charge on any atom is -0.218 e. The van der Waals surface area contributed by atoms with Gasteiger partial charge in [-0.3, -0.25) is 0 Å². The molecule has 0 atom stereocenters. The van der Waals surface area contributed by atoms with Crippen LogP contribution in [0.2, 0.25) is 0 Å². The van der Waals surface area contributed by atoms with E-state index in [0.717, 1.165) is 10.0 Å². The second-order valence-electron chi connectivity index (χ2n) is 4.49. The standard InChI is InChI=1S/C16H12BrNO2S/c1-12-2-8-15(9-3-12)21(19,20)16(11-18)10-13-4-6-14(17)7-5-13/h2-10H,1H3/b16-10-. The van der Waals surface area contributed by atoms with Crippen molar-refractivity contribution in [2.24, 2.45) is 0 Å². The molecule has 0 saturated heterocycles. The number of rotatable bonds is 3. The maximum Gasteiger partial charge on any atom is 0.216 e. The zero-order chi connectivity index (χ0) is 15.5. The molecule has 21 heavy (non-hydrogen) atoms. The Morgan fingerprint density at radius 3 is 2.19 bits per heavy atom. The molecule has 0 heterocycles. The van der Waals surface area contributed by atoms with Crippen molar-refractivity contribution in [1.29, 1.82) is 5.26 Å². The number of aryl methyl sites for hydroxylation is 1. The number of sulfone groups is 1. The summed E-state index contributed by atoms with van der Waals surface area (Å²) in [5, 5.41) is 9.19. The highest BCUT2D eigenvalue weighted by atomic mass is 79.9. The maximum atomic E-state index is 12.4. The molecular weight excluding hydrogens is 350 g/mol. The average molecular weight is 362 g/mol. The number of nitriles is 1. The second-order valence-corrected chi connectivity index (χ2v) is 7.32. The van der Waals surface area contributed by atoms with Crippen molar-refractivity contribution in [2.45, 2.75) is 11.8 Å². The topological polar surface area (TPSA) is 57.9 Å². The molecule has 2 rings (SSSR count). The predicted octanol–water partition coefficient (Wildman–Crippen LogP) is 4.10. The van der Waals surface area contributed by atoms with E-state index in [9.17, 15) is 13.7 Å². The zero-order valence-corrected chi connectivity index (χ0v) is 13.6. The van der Waals surface area contributed by atoms with Gasteiger partial charge in [-0.15, -0.1) is 0 Å². The number of allylic oxidation sites excluding steroid dienone is 1. The summed E-state index contributed by atoms with van der Waals surface area (Å²) in [6.07, 6.45) is 1.38. The van der Waals surface area contributed by atoms with E-state index < -0.39 is 9.84 Å². The van der Waals surface area contributed by atoms with Gasteiger partial charge < -0.3 is 0 Å². The van der Waals surface area contributed by atoms with Crippen molar-refractivity contribution < 1.29 is 8.42 Å². The van der Waals surface area contributed by atoms with Gasteiger partial charge in [0.05, 0.1) is 4.90 Å². The van der Waals surface area contributed by atoms with Crippen LogP contribution in [-0.4, -0.2) is 8.42 Å². The summed E-state index contributed by atoms with van der Waals surface area (Å²) >= 11 is 3.31.